The SMILES string of the molecule is Brc1cc2c(c3ccccc13)-c1cccc3cccc(c13)O2.OB(O)c1c2ccccc2c(-c2ccccc2)c2ccccc12.c1ccc(-c2c3ccccc3c(-c3cc4c(c5ccccc35)-c3cccc5cccc(c35)O4)c3ccccc23)cc1. The summed E-state index contributed by atoms with van der Waals surface area (Å²) in [5, 5.41) is 38.3. The molecule has 6 heteroatoms. The van der Waals surface area contributed by atoms with Gasteiger partial charge in [-0.2, -0.15) is 0 Å². The van der Waals surface area contributed by atoms with Gasteiger partial charge in [-0.15, -0.1) is 0 Å². The summed E-state index contributed by atoms with van der Waals surface area (Å²) < 4.78 is 14.0. The topological polar surface area (TPSA) is 58.9 Å². The van der Waals surface area contributed by atoms with Crippen molar-refractivity contribution in [3.63, 3.8) is 0 Å². The Morgan fingerprint density at radius 2 is 0.581 bits per heavy atom. The maximum atomic E-state index is 9.94. The maximum absolute atomic E-state index is 9.94. The molecule has 2 N–H and O–H groups in total. The number of ether oxygens (including phenoxy) is 2. The first-order chi connectivity index (χ1) is 42.5. The van der Waals surface area contributed by atoms with Crippen molar-refractivity contribution < 1.29 is 19.5 Å². The maximum Gasteiger partial charge on any atom is 0.489 e. The van der Waals surface area contributed by atoms with Crippen LogP contribution in [0.3, 0.4) is 0 Å². The third-order valence-corrected chi connectivity index (χ3v) is 17.9. The van der Waals surface area contributed by atoms with Crippen LogP contribution in [0, 0.1) is 0 Å². The van der Waals surface area contributed by atoms with Gasteiger partial charge in [0.25, 0.3) is 0 Å². The molecule has 2 aliphatic heterocycles. The summed E-state index contributed by atoms with van der Waals surface area (Å²) in [6.45, 7) is 0. The van der Waals surface area contributed by atoms with E-state index in [1.165, 1.54) is 109 Å². The quantitative estimate of drug-likeness (QED) is 0.136. The van der Waals surface area contributed by atoms with Gasteiger partial charge in [0.1, 0.15) is 23.0 Å². The molecule has 0 unspecified atom stereocenters. The first-order valence-electron chi connectivity index (χ1n) is 29.0. The zero-order valence-corrected chi connectivity index (χ0v) is 48.0. The molecule has 404 valence electrons. The molecule has 4 nitrogen and oxygen atoms in total. The Balaban J connectivity index is 0.000000113. The van der Waals surface area contributed by atoms with Crippen LogP contribution < -0.4 is 14.9 Å². The molecule has 0 atom stereocenters. The fourth-order valence-corrected chi connectivity index (χ4v) is 14.3. The average Bonchev–Trinajstić information content (AvgIpc) is 0.883. The second-order valence-corrected chi connectivity index (χ2v) is 22.8. The molecule has 0 aromatic heterocycles. The normalized spacial score (nSPS) is 11.8. The predicted octanol–water partition coefficient (Wildman–Crippen LogP) is 21.3. The van der Waals surface area contributed by atoms with Crippen molar-refractivity contribution in [1.29, 1.82) is 0 Å². The standard InChI is InChI=1S/C40H24O.C20H15BO2.C20H11BrO/c1-2-12-25(13-3-1)37-29-18-6-8-20-31(29)39(32-21-9-7-19-30(32)37)34-24-36-40(28-17-5-4-16-27(28)34)33-22-10-14-26-15-11-23-35(41-36)38(26)33;22-21(23)20-17-12-6-4-10-15(17)19(14-8-2-1-3-9-14)16-11-5-7-13-18(16)20;21-16-11-18-20(14-8-2-1-7-13(14)16)15-9-3-5-12-6-4-10-17(22-18)19(12)15/h1-24H;1-13,22-23H;1-11H. The molecule has 0 saturated carbocycles. The Morgan fingerprint density at radius 1 is 0.256 bits per heavy atom. The third-order valence-electron chi connectivity index (χ3n) is 17.2. The van der Waals surface area contributed by atoms with Crippen LogP contribution in [0.4, 0.5) is 0 Å². The Kier molecular flexibility index (Phi) is 12.6. The Morgan fingerprint density at radius 3 is 1.01 bits per heavy atom. The third kappa shape index (κ3) is 8.36. The molecule has 0 bridgehead atoms. The summed E-state index contributed by atoms with van der Waals surface area (Å²) in [6, 6.07) is 102. The van der Waals surface area contributed by atoms with Gasteiger partial charge in [-0.05, 0) is 150 Å². The molecule has 0 amide bonds. The monoisotopic (exact) mass is 1160 g/mol. The minimum atomic E-state index is -1.50. The minimum absolute atomic E-state index is 0.566. The molecule has 0 spiro atoms. The van der Waals surface area contributed by atoms with E-state index in [2.05, 4.69) is 228 Å². The van der Waals surface area contributed by atoms with Crippen molar-refractivity contribution >= 4 is 115 Å². The number of halogens is 1. The Bertz CT molecular complexity index is 5290. The van der Waals surface area contributed by atoms with Gasteiger partial charge in [0.2, 0.25) is 0 Å². The van der Waals surface area contributed by atoms with E-state index in [4.69, 9.17) is 9.47 Å². The lowest BCUT2D eigenvalue weighted by Gasteiger charge is -2.25. The van der Waals surface area contributed by atoms with Gasteiger partial charge >= 0.3 is 7.12 Å². The summed E-state index contributed by atoms with van der Waals surface area (Å²) in [5.74, 6) is 3.67. The van der Waals surface area contributed by atoms with Crippen molar-refractivity contribution in [3.8, 4) is 78.6 Å². The van der Waals surface area contributed by atoms with Crippen LogP contribution in [0.25, 0.3) is 142 Å². The molecule has 0 aliphatic carbocycles. The molecule has 0 fully saturated rings. The molecule has 16 aromatic carbocycles. The summed E-state index contributed by atoms with van der Waals surface area (Å²) in [7, 11) is -1.50. The van der Waals surface area contributed by atoms with Gasteiger partial charge in [0.05, 0.1) is 0 Å². The lowest BCUT2D eigenvalue weighted by Crippen LogP contribution is -2.31. The molecule has 86 heavy (non-hydrogen) atoms. The van der Waals surface area contributed by atoms with E-state index in [0.717, 1.165) is 60.1 Å². The fourth-order valence-electron chi connectivity index (χ4n) is 13.7. The van der Waals surface area contributed by atoms with E-state index in [0.29, 0.717) is 5.46 Å². The molecule has 0 radical (unpaired) electrons. The molecule has 2 aliphatic rings. The molecule has 0 saturated heterocycles. The van der Waals surface area contributed by atoms with E-state index < -0.39 is 7.12 Å². The van der Waals surface area contributed by atoms with Crippen LogP contribution in [0.1, 0.15) is 0 Å². The summed E-state index contributed by atoms with van der Waals surface area (Å²) in [4.78, 5) is 0. The second kappa shape index (κ2) is 21.1. The molecule has 2 heterocycles. The van der Waals surface area contributed by atoms with E-state index in [-0.39, 0.29) is 0 Å². The number of fused-ring (bicyclic) bond motifs is 12. The molecule has 18 rings (SSSR count). The zero-order valence-electron chi connectivity index (χ0n) is 46.4. The summed E-state index contributed by atoms with van der Waals surface area (Å²) >= 11 is 3.67. The van der Waals surface area contributed by atoms with Crippen molar-refractivity contribution in [2.45, 2.75) is 0 Å². The highest BCUT2D eigenvalue weighted by Gasteiger charge is 2.28. The fraction of sp³-hybridized carbons (Fsp3) is 0. The molecular formula is C80H50BBrO4. The highest BCUT2D eigenvalue weighted by atomic mass is 79.9. The van der Waals surface area contributed by atoms with Crippen molar-refractivity contribution in [2.24, 2.45) is 0 Å². The largest absolute Gasteiger partial charge is 0.489 e. The first kappa shape index (κ1) is 51.3. The lowest BCUT2D eigenvalue weighted by molar-refractivity contribution is 0.426. The van der Waals surface area contributed by atoms with Gasteiger partial charge < -0.3 is 19.5 Å². The average molecular weight is 1170 g/mol. The number of benzene rings is 16. The van der Waals surface area contributed by atoms with Gasteiger partial charge in [-0.25, -0.2) is 0 Å². The summed E-state index contributed by atoms with van der Waals surface area (Å²) in [6.07, 6.45) is 0. The highest BCUT2D eigenvalue weighted by Crippen LogP contribution is 2.55. The molecule has 16 aromatic rings. The van der Waals surface area contributed by atoms with Crippen LogP contribution in [0.5, 0.6) is 23.0 Å². The number of hydrogen-bond acceptors (Lipinski definition) is 4. The van der Waals surface area contributed by atoms with E-state index >= 15 is 0 Å². The van der Waals surface area contributed by atoms with Gasteiger partial charge in [-0.1, -0.05) is 283 Å². The number of hydrogen-bond donors (Lipinski definition) is 2. The zero-order chi connectivity index (χ0) is 57.4. The van der Waals surface area contributed by atoms with E-state index in [1.54, 1.807) is 0 Å². The van der Waals surface area contributed by atoms with E-state index in [9.17, 15) is 10.0 Å². The van der Waals surface area contributed by atoms with Gasteiger partial charge in [0, 0.05) is 26.4 Å². The second-order valence-electron chi connectivity index (χ2n) is 22.0. The first-order valence-corrected chi connectivity index (χ1v) is 29.8. The van der Waals surface area contributed by atoms with Crippen LogP contribution >= 0.6 is 15.9 Å². The van der Waals surface area contributed by atoms with Gasteiger partial charge in [0.15, 0.2) is 0 Å². The predicted molar refractivity (Wildman–Crippen MR) is 364 cm³/mol. The summed E-state index contributed by atoms with van der Waals surface area (Å²) in [5.41, 5.74) is 12.6. The van der Waals surface area contributed by atoms with Crippen LogP contribution in [-0.2, 0) is 0 Å². The number of rotatable bonds is 4. The van der Waals surface area contributed by atoms with Crippen molar-refractivity contribution in [2.75, 3.05) is 0 Å². The Labute approximate surface area is 505 Å². The van der Waals surface area contributed by atoms with Crippen LogP contribution in [0.2, 0.25) is 0 Å². The van der Waals surface area contributed by atoms with Crippen molar-refractivity contribution in [3.05, 3.63) is 296 Å². The van der Waals surface area contributed by atoms with Crippen LogP contribution in [0.15, 0.2) is 296 Å². The van der Waals surface area contributed by atoms with Crippen molar-refractivity contribution in [1.82, 2.24) is 0 Å². The van der Waals surface area contributed by atoms with E-state index in [1.807, 2.05) is 78.9 Å². The molecular weight excluding hydrogens is 1120 g/mol. The Hall–Kier alpha value is -10.3. The van der Waals surface area contributed by atoms with Gasteiger partial charge in [-0.3, -0.25) is 0 Å². The lowest BCUT2D eigenvalue weighted by atomic mass is 9.72. The highest BCUT2D eigenvalue weighted by molar-refractivity contribution is 9.10. The smallest absolute Gasteiger partial charge is 0.456 e. The minimum Gasteiger partial charge on any atom is -0.456 e. The van der Waals surface area contributed by atoms with Crippen LogP contribution in [-0.4, -0.2) is 17.2 Å².